The Morgan fingerprint density at radius 3 is 2.89 bits per heavy atom. The van der Waals surface area contributed by atoms with Crippen LogP contribution in [0.5, 0.6) is 5.88 Å². The first kappa shape index (κ1) is 12.8. The molecule has 4 unspecified atom stereocenters. The van der Waals surface area contributed by atoms with Crippen LogP contribution in [-0.2, 0) is 4.74 Å². The Morgan fingerprint density at radius 2 is 2.26 bits per heavy atom. The minimum atomic E-state index is 0.170. The molecule has 0 aliphatic carbocycles. The normalized spacial score (nSPS) is 30.5. The molecule has 5 heteroatoms. The summed E-state index contributed by atoms with van der Waals surface area (Å²) in [7, 11) is 1.65. The third-order valence-corrected chi connectivity index (χ3v) is 4.18. The van der Waals surface area contributed by atoms with Gasteiger partial charge in [0.05, 0.1) is 25.4 Å². The van der Waals surface area contributed by atoms with E-state index in [0.717, 1.165) is 18.7 Å². The van der Waals surface area contributed by atoms with Gasteiger partial charge in [0.2, 0.25) is 5.88 Å². The van der Waals surface area contributed by atoms with E-state index in [1.165, 1.54) is 12.8 Å². The lowest BCUT2D eigenvalue weighted by Gasteiger charge is -2.29. The first-order valence-corrected chi connectivity index (χ1v) is 7.07. The van der Waals surface area contributed by atoms with Crippen LogP contribution >= 0.6 is 0 Å². The van der Waals surface area contributed by atoms with Gasteiger partial charge in [-0.15, -0.1) is 0 Å². The van der Waals surface area contributed by atoms with Gasteiger partial charge in [0.15, 0.2) is 0 Å². The lowest BCUT2D eigenvalue weighted by atomic mass is 9.82. The number of nitrogens with one attached hydrogen (secondary N) is 1. The minimum absolute atomic E-state index is 0.170. The lowest BCUT2D eigenvalue weighted by molar-refractivity contribution is 0.0852. The number of hydrogen-bond acceptors (Lipinski definition) is 5. The van der Waals surface area contributed by atoms with Crippen molar-refractivity contribution in [3.63, 3.8) is 0 Å². The van der Waals surface area contributed by atoms with E-state index in [9.17, 15) is 0 Å². The molecule has 0 spiro atoms. The molecule has 2 aliphatic rings. The molecule has 2 bridgehead atoms. The van der Waals surface area contributed by atoms with Crippen LogP contribution in [0.1, 0.15) is 37.9 Å². The lowest BCUT2D eigenvalue weighted by Crippen LogP contribution is -2.34. The zero-order chi connectivity index (χ0) is 13.2. The quantitative estimate of drug-likeness (QED) is 0.876. The Kier molecular flexibility index (Phi) is 3.66. The first-order valence-electron chi connectivity index (χ1n) is 7.07. The largest absolute Gasteiger partial charge is 0.480 e. The van der Waals surface area contributed by atoms with Gasteiger partial charge >= 0.3 is 0 Å². The van der Waals surface area contributed by atoms with Gasteiger partial charge in [-0.05, 0) is 25.8 Å². The molecule has 2 saturated heterocycles. The fourth-order valence-corrected chi connectivity index (χ4v) is 3.41. The number of nitrogens with zero attached hydrogens (tertiary/aromatic N) is 2. The topological polar surface area (TPSA) is 56.3 Å². The number of aromatic nitrogens is 2. The summed E-state index contributed by atoms with van der Waals surface area (Å²) in [5.41, 5.74) is 0.910. The van der Waals surface area contributed by atoms with Gasteiger partial charge in [0.25, 0.3) is 0 Å². The van der Waals surface area contributed by atoms with Gasteiger partial charge < -0.3 is 14.8 Å². The number of hydrogen-bond donors (Lipinski definition) is 1. The summed E-state index contributed by atoms with van der Waals surface area (Å²) in [5.74, 6) is 1.10. The Hall–Kier alpha value is -1.20. The second kappa shape index (κ2) is 5.43. The zero-order valence-corrected chi connectivity index (χ0v) is 11.5. The van der Waals surface area contributed by atoms with Crippen LogP contribution in [0.4, 0.5) is 0 Å². The minimum Gasteiger partial charge on any atom is -0.480 e. The van der Waals surface area contributed by atoms with E-state index in [2.05, 4.69) is 22.2 Å². The van der Waals surface area contributed by atoms with Crippen LogP contribution in [0.3, 0.4) is 0 Å². The number of rotatable bonds is 5. The molecule has 19 heavy (non-hydrogen) atoms. The van der Waals surface area contributed by atoms with Gasteiger partial charge in [-0.1, -0.05) is 6.92 Å². The maximum atomic E-state index is 5.98. The Balaban J connectivity index is 1.88. The van der Waals surface area contributed by atoms with E-state index in [4.69, 9.17) is 9.47 Å². The summed E-state index contributed by atoms with van der Waals surface area (Å²) >= 11 is 0. The highest BCUT2D eigenvalue weighted by Gasteiger charge is 2.45. The number of fused-ring (bicyclic) bond motifs is 2. The highest BCUT2D eigenvalue weighted by Crippen LogP contribution is 2.45. The molecule has 4 atom stereocenters. The Labute approximate surface area is 113 Å². The molecule has 1 aromatic rings. The summed E-state index contributed by atoms with van der Waals surface area (Å²) in [4.78, 5) is 8.76. The molecular formula is C14H21N3O2. The van der Waals surface area contributed by atoms with Crippen LogP contribution < -0.4 is 10.1 Å². The van der Waals surface area contributed by atoms with Gasteiger partial charge in [-0.3, -0.25) is 4.98 Å². The van der Waals surface area contributed by atoms with Crippen LogP contribution in [-0.4, -0.2) is 35.8 Å². The van der Waals surface area contributed by atoms with E-state index in [-0.39, 0.29) is 6.04 Å². The average Bonchev–Trinajstić information content (AvgIpc) is 3.07. The van der Waals surface area contributed by atoms with E-state index >= 15 is 0 Å². The summed E-state index contributed by atoms with van der Waals surface area (Å²) in [6, 6.07) is 0.170. The highest BCUT2D eigenvalue weighted by molar-refractivity contribution is 5.23. The van der Waals surface area contributed by atoms with Crippen molar-refractivity contribution in [2.75, 3.05) is 13.7 Å². The van der Waals surface area contributed by atoms with Gasteiger partial charge in [0, 0.05) is 18.3 Å². The molecular weight excluding hydrogens is 242 g/mol. The SMILES string of the molecule is CCNC(c1nccnc1OC)C1CC2CCC1O2. The van der Waals surface area contributed by atoms with E-state index in [1.807, 2.05) is 0 Å². The van der Waals surface area contributed by atoms with E-state index < -0.39 is 0 Å². The Bertz CT molecular complexity index is 440. The molecule has 104 valence electrons. The zero-order valence-electron chi connectivity index (χ0n) is 11.5. The molecule has 1 N–H and O–H groups in total. The molecule has 3 heterocycles. The smallest absolute Gasteiger partial charge is 0.237 e. The third-order valence-electron chi connectivity index (χ3n) is 4.18. The molecule has 5 nitrogen and oxygen atoms in total. The van der Waals surface area contributed by atoms with Crippen LogP contribution in [0.15, 0.2) is 12.4 Å². The van der Waals surface area contributed by atoms with Crippen molar-refractivity contribution in [3.05, 3.63) is 18.1 Å². The summed E-state index contributed by atoms with van der Waals surface area (Å²) in [6.45, 7) is 3.02. The summed E-state index contributed by atoms with van der Waals surface area (Å²) < 4.78 is 11.3. The monoisotopic (exact) mass is 263 g/mol. The molecule has 1 aromatic heterocycles. The first-order chi connectivity index (χ1) is 9.33. The molecule has 0 saturated carbocycles. The van der Waals surface area contributed by atoms with Crippen molar-refractivity contribution in [1.82, 2.24) is 15.3 Å². The van der Waals surface area contributed by atoms with Gasteiger partial charge in [-0.25, -0.2) is 4.98 Å². The van der Waals surface area contributed by atoms with E-state index in [0.29, 0.717) is 24.0 Å². The second-order valence-electron chi connectivity index (χ2n) is 5.26. The fourth-order valence-electron chi connectivity index (χ4n) is 3.41. The molecule has 0 amide bonds. The second-order valence-corrected chi connectivity index (χ2v) is 5.26. The molecule has 3 rings (SSSR count). The van der Waals surface area contributed by atoms with Crippen molar-refractivity contribution < 1.29 is 9.47 Å². The fraction of sp³-hybridized carbons (Fsp3) is 0.714. The van der Waals surface area contributed by atoms with Crippen molar-refractivity contribution in [2.24, 2.45) is 5.92 Å². The third kappa shape index (κ3) is 2.32. The van der Waals surface area contributed by atoms with E-state index in [1.54, 1.807) is 19.5 Å². The standard InChI is InChI=1S/C14H21N3O2/c1-3-15-12(10-8-9-4-5-11(10)19-9)13-14(18-2)17-7-6-16-13/h6-7,9-12,15H,3-5,8H2,1-2H3. The highest BCUT2D eigenvalue weighted by atomic mass is 16.5. The van der Waals surface area contributed by atoms with Crippen LogP contribution in [0.25, 0.3) is 0 Å². The van der Waals surface area contributed by atoms with Crippen molar-refractivity contribution >= 4 is 0 Å². The maximum Gasteiger partial charge on any atom is 0.237 e. The molecule has 0 radical (unpaired) electrons. The van der Waals surface area contributed by atoms with Gasteiger partial charge in [-0.2, -0.15) is 0 Å². The van der Waals surface area contributed by atoms with Crippen LogP contribution in [0, 0.1) is 5.92 Å². The van der Waals surface area contributed by atoms with Crippen molar-refractivity contribution in [1.29, 1.82) is 0 Å². The van der Waals surface area contributed by atoms with Gasteiger partial charge in [0.1, 0.15) is 5.69 Å². The summed E-state index contributed by atoms with van der Waals surface area (Å²) in [5, 5.41) is 3.54. The number of methoxy groups -OCH3 is 1. The number of ether oxygens (including phenoxy) is 2. The predicted octanol–water partition coefficient (Wildman–Crippen LogP) is 1.70. The maximum absolute atomic E-state index is 5.98. The average molecular weight is 263 g/mol. The molecule has 2 aliphatic heterocycles. The predicted molar refractivity (Wildman–Crippen MR) is 71.0 cm³/mol. The Morgan fingerprint density at radius 1 is 1.42 bits per heavy atom. The van der Waals surface area contributed by atoms with Crippen LogP contribution in [0.2, 0.25) is 0 Å². The summed E-state index contributed by atoms with van der Waals surface area (Å²) in [6.07, 6.45) is 7.69. The molecule has 2 fully saturated rings. The molecule has 0 aromatic carbocycles. The van der Waals surface area contributed by atoms with Crippen molar-refractivity contribution in [3.8, 4) is 5.88 Å². The van der Waals surface area contributed by atoms with Crippen molar-refractivity contribution in [2.45, 2.75) is 44.4 Å².